The predicted octanol–water partition coefficient (Wildman–Crippen LogP) is 5.62. The Hall–Kier alpha value is -2.30. The lowest BCUT2D eigenvalue weighted by Gasteiger charge is -2.27. The molecule has 0 aliphatic carbocycles. The number of benzene rings is 3. The Morgan fingerprint density at radius 2 is 1.61 bits per heavy atom. The van der Waals surface area contributed by atoms with Gasteiger partial charge in [0.1, 0.15) is 5.60 Å². The van der Waals surface area contributed by atoms with Crippen LogP contribution in [0.25, 0.3) is 10.8 Å². The molecule has 0 fully saturated rings. The summed E-state index contributed by atoms with van der Waals surface area (Å²) in [5.74, 6) is -0.616. The number of aliphatic hydroxyl groups is 1. The lowest BCUT2D eigenvalue weighted by molar-refractivity contribution is -0.163. The fourth-order valence-electron chi connectivity index (χ4n) is 3.09. The number of fused-ring (bicyclic) bond motifs is 1. The van der Waals surface area contributed by atoms with Gasteiger partial charge in [-0.05, 0) is 49.2 Å². The molecule has 3 aromatic rings. The van der Waals surface area contributed by atoms with Crippen LogP contribution in [0.2, 0.25) is 0 Å². The summed E-state index contributed by atoms with van der Waals surface area (Å²) < 4.78 is 5.63. The second kappa shape index (κ2) is 8.80. The van der Waals surface area contributed by atoms with E-state index in [9.17, 15) is 9.90 Å². The average molecular weight is 395 g/mol. The molecule has 0 spiro atoms. The van der Waals surface area contributed by atoms with E-state index in [0.29, 0.717) is 5.75 Å². The molecule has 28 heavy (non-hydrogen) atoms. The molecule has 146 valence electrons. The van der Waals surface area contributed by atoms with E-state index in [1.54, 1.807) is 11.8 Å². The van der Waals surface area contributed by atoms with Crippen LogP contribution in [0.15, 0.2) is 77.7 Å². The minimum atomic E-state index is -0.947. The number of ether oxygens (including phenoxy) is 1. The zero-order valence-electron chi connectivity index (χ0n) is 16.5. The molecule has 3 aromatic carbocycles. The van der Waals surface area contributed by atoms with Crippen LogP contribution in [0, 0.1) is 5.92 Å². The van der Waals surface area contributed by atoms with Crippen LogP contribution >= 0.6 is 11.8 Å². The third-order valence-corrected chi connectivity index (χ3v) is 5.54. The smallest absolute Gasteiger partial charge is 0.313 e. The molecule has 0 unspecified atom stereocenters. The van der Waals surface area contributed by atoms with Crippen LogP contribution in [0.1, 0.15) is 32.4 Å². The Morgan fingerprint density at radius 3 is 2.32 bits per heavy atom. The first-order chi connectivity index (χ1) is 13.3. The van der Waals surface area contributed by atoms with Crippen molar-refractivity contribution in [2.45, 2.75) is 37.4 Å². The molecule has 0 aromatic heterocycles. The number of hydrogen-bond donors (Lipinski definition) is 1. The Balaban J connectivity index is 1.91. The molecule has 0 saturated carbocycles. The molecule has 3 rings (SSSR count). The number of aliphatic hydroxyl groups excluding tert-OH is 1. The standard InChI is InChI=1S/C24H26O3S/c1-24(2,3)27-23(26)21(16-28-18-12-5-4-6-13-18)22(25)20-15-9-11-17-10-7-8-14-19(17)20/h4-15,21-22,25H,16H2,1-3H3/t21-,22+/m1/s1. The van der Waals surface area contributed by atoms with Crippen molar-refractivity contribution in [2.75, 3.05) is 5.75 Å². The van der Waals surface area contributed by atoms with Gasteiger partial charge >= 0.3 is 5.97 Å². The van der Waals surface area contributed by atoms with Gasteiger partial charge in [0.05, 0.1) is 12.0 Å². The summed E-state index contributed by atoms with van der Waals surface area (Å²) in [5.41, 5.74) is 0.146. The highest BCUT2D eigenvalue weighted by Crippen LogP contribution is 2.34. The second-order valence-electron chi connectivity index (χ2n) is 7.78. The maximum absolute atomic E-state index is 12.9. The van der Waals surface area contributed by atoms with Crippen LogP contribution < -0.4 is 0 Å². The van der Waals surface area contributed by atoms with Gasteiger partial charge in [-0.2, -0.15) is 0 Å². The first-order valence-corrected chi connectivity index (χ1v) is 10.4. The number of esters is 1. The average Bonchev–Trinajstić information content (AvgIpc) is 2.67. The van der Waals surface area contributed by atoms with E-state index in [1.165, 1.54) is 0 Å². The number of hydrogen-bond acceptors (Lipinski definition) is 4. The first kappa shape index (κ1) is 20.4. The Bertz CT molecular complexity index is 926. The molecule has 3 nitrogen and oxygen atoms in total. The zero-order valence-corrected chi connectivity index (χ0v) is 17.3. The molecule has 0 aliphatic rings. The summed E-state index contributed by atoms with van der Waals surface area (Å²) >= 11 is 1.55. The number of thioether (sulfide) groups is 1. The summed E-state index contributed by atoms with van der Waals surface area (Å²) in [4.78, 5) is 14.0. The van der Waals surface area contributed by atoms with Crippen molar-refractivity contribution in [3.63, 3.8) is 0 Å². The minimum absolute atomic E-state index is 0.378. The number of rotatable bonds is 6. The highest BCUT2D eigenvalue weighted by molar-refractivity contribution is 7.99. The van der Waals surface area contributed by atoms with Crippen molar-refractivity contribution in [1.82, 2.24) is 0 Å². The summed E-state index contributed by atoms with van der Waals surface area (Å²) in [6, 6.07) is 23.6. The van der Waals surface area contributed by atoms with Crippen LogP contribution in [-0.2, 0) is 9.53 Å². The monoisotopic (exact) mass is 394 g/mol. The normalized spacial score (nSPS) is 13.9. The van der Waals surface area contributed by atoms with E-state index in [1.807, 2.05) is 93.6 Å². The topological polar surface area (TPSA) is 46.5 Å². The molecular weight excluding hydrogens is 368 g/mol. The van der Waals surface area contributed by atoms with Gasteiger partial charge in [-0.25, -0.2) is 0 Å². The van der Waals surface area contributed by atoms with Crippen LogP contribution in [0.3, 0.4) is 0 Å². The molecular formula is C24H26O3S. The Kier molecular flexibility index (Phi) is 6.42. The fraction of sp³-hybridized carbons (Fsp3) is 0.292. The van der Waals surface area contributed by atoms with E-state index in [0.717, 1.165) is 21.2 Å². The summed E-state index contributed by atoms with van der Waals surface area (Å²) in [6.07, 6.45) is -0.947. The summed E-state index contributed by atoms with van der Waals surface area (Å²) in [5, 5.41) is 13.2. The summed E-state index contributed by atoms with van der Waals surface area (Å²) in [6.45, 7) is 5.53. The fourth-order valence-corrected chi connectivity index (χ4v) is 4.13. The second-order valence-corrected chi connectivity index (χ2v) is 8.87. The molecule has 0 radical (unpaired) electrons. The third-order valence-electron chi connectivity index (χ3n) is 4.41. The molecule has 0 aliphatic heterocycles. The van der Waals surface area contributed by atoms with Gasteiger partial charge in [-0.15, -0.1) is 11.8 Å². The van der Waals surface area contributed by atoms with E-state index in [4.69, 9.17) is 4.74 Å². The minimum Gasteiger partial charge on any atom is -0.460 e. The van der Waals surface area contributed by atoms with Crippen LogP contribution in [-0.4, -0.2) is 22.4 Å². The van der Waals surface area contributed by atoms with E-state index in [2.05, 4.69) is 0 Å². The van der Waals surface area contributed by atoms with Crippen molar-refractivity contribution >= 4 is 28.5 Å². The Labute approximate surface area is 170 Å². The maximum atomic E-state index is 12.9. The van der Waals surface area contributed by atoms with E-state index in [-0.39, 0.29) is 5.97 Å². The van der Waals surface area contributed by atoms with Gasteiger partial charge in [-0.1, -0.05) is 60.7 Å². The zero-order chi connectivity index (χ0) is 20.1. The molecule has 0 heterocycles. The molecule has 0 bridgehead atoms. The van der Waals surface area contributed by atoms with Crippen molar-refractivity contribution in [3.8, 4) is 0 Å². The highest BCUT2D eigenvalue weighted by atomic mass is 32.2. The van der Waals surface area contributed by atoms with Gasteiger partial charge in [-0.3, -0.25) is 4.79 Å². The number of carbonyl (C=O) groups is 1. The number of carbonyl (C=O) groups excluding carboxylic acids is 1. The quantitative estimate of drug-likeness (QED) is 0.435. The summed E-state index contributed by atoms with van der Waals surface area (Å²) in [7, 11) is 0. The largest absolute Gasteiger partial charge is 0.460 e. The molecule has 0 saturated heterocycles. The molecule has 0 amide bonds. The molecule has 1 N–H and O–H groups in total. The van der Waals surface area contributed by atoms with Gasteiger partial charge < -0.3 is 9.84 Å². The van der Waals surface area contributed by atoms with Crippen LogP contribution in [0.4, 0.5) is 0 Å². The van der Waals surface area contributed by atoms with Crippen molar-refractivity contribution in [2.24, 2.45) is 5.92 Å². The predicted molar refractivity (Wildman–Crippen MR) is 115 cm³/mol. The Morgan fingerprint density at radius 1 is 0.964 bits per heavy atom. The lowest BCUT2D eigenvalue weighted by atomic mass is 9.92. The van der Waals surface area contributed by atoms with Crippen molar-refractivity contribution < 1.29 is 14.6 Å². The molecule has 4 heteroatoms. The van der Waals surface area contributed by atoms with Gasteiger partial charge in [0, 0.05) is 10.6 Å². The SMILES string of the molecule is CC(C)(C)OC(=O)[C@H](CSc1ccccc1)[C@@H](O)c1cccc2ccccc12. The van der Waals surface area contributed by atoms with Crippen LogP contribution in [0.5, 0.6) is 0 Å². The van der Waals surface area contributed by atoms with E-state index < -0.39 is 17.6 Å². The van der Waals surface area contributed by atoms with E-state index >= 15 is 0 Å². The van der Waals surface area contributed by atoms with Gasteiger partial charge in [0.25, 0.3) is 0 Å². The van der Waals surface area contributed by atoms with Crippen molar-refractivity contribution in [3.05, 3.63) is 78.4 Å². The highest BCUT2D eigenvalue weighted by Gasteiger charge is 2.33. The molecule has 2 atom stereocenters. The van der Waals surface area contributed by atoms with Crippen molar-refractivity contribution in [1.29, 1.82) is 0 Å². The third kappa shape index (κ3) is 5.15. The van der Waals surface area contributed by atoms with Gasteiger partial charge in [0.15, 0.2) is 0 Å². The van der Waals surface area contributed by atoms with Gasteiger partial charge in [0.2, 0.25) is 0 Å². The lowest BCUT2D eigenvalue weighted by Crippen LogP contribution is -2.33. The maximum Gasteiger partial charge on any atom is 0.313 e. The first-order valence-electron chi connectivity index (χ1n) is 9.41.